The van der Waals surface area contributed by atoms with Crippen LogP contribution in [0.5, 0.6) is 11.5 Å². The van der Waals surface area contributed by atoms with Gasteiger partial charge in [-0.05, 0) is 56.9 Å². The molecule has 8 nitrogen and oxygen atoms in total. The second-order valence-electron chi connectivity index (χ2n) is 11.1. The zero-order valence-electron chi connectivity index (χ0n) is 22.2. The number of hydrogen-bond acceptors (Lipinski definition) is 6. The van der Waals surface area contributed by atoms with Crippen LogP contribution in [0.2, 0.25) is 5.02 Å². The van der Waals surface area contributed by atoms with Crippen LogP contribution >= 0.6 is 11.6 Å². The van der Waals surface area contributed by atoms with E-state index in [9.17, 15) is 28.7 Å². The Labute approximate surface area is 235 Å². The average molecular weight is 567 g/mol. The number of halogens is 2. The number of phenolic OH excluding ortho intramolecular Hbond substituents is 1. The molecular weight excluding hydrogens is 539 g/mol. The van der Waals surface area contributed by atoms with Crippen molar-refractivity contribution in [2.24, 2.45) is 29.1 Å². The summed E-state index contributed by atoms with van der Waals surface area (Å²) in [6.45, 7) is 3.76. The number of ether oxygens (including phenoxy) is 1. The Morgan fingerprint density at radius 1 is 1.07 bits per heavy atom. The molecule has 6 rings (SSSR count). The molecule has 2 aromatic rings. The van der Waals surface area contributed by atoms with Crippen LogP contribution in [0, 0.1) is 34.9 Å². The predicted octanol–water partition coefficient (Wildman–Crippen LogP) is 4.44. The minimum atomic E-state index is -1.30. The van der Waals surface area contributed by atoms with Crippen molar-refractivity contribution in [3.05, 3.63) is 64.5 Å². The zero-order chi connectivity index (χ0) is 28.7. The van der Waals surface area contributed by atoms with Crippen molar-refractivity contribution in [2.75, 3.05) is 18.6 Å². The van der Waals surface area contributed by atoms with Crippen LogP contribution in [-0.4, -0.2) is 47.3 Å². The number of nitrogens with zero attached hydrogens (tertiary/aromatic N) is 2. The summed E-state index contributed by atoms with van der Waals surface area (Å²) in [5.41, 5.74) is 0.259. The standard InChI is InChI=1S/C30H28ClFN2O6/c1-4-33-26(36)18-9-8-16-19(24(18)28(33)38)13-20-27(37)34(14-5-10-22(32)21(31)11-14)29(39)30(20,2)25(16)17-7-6-15(35)12-23(17)40-3/h5-8,10-12,18-20,24-25,35H,4,9,13H2,1-3H3. The quantitative estimate of drug-likeness (QED) is 0.433. The van der Waals surface area contributed by atoms with E-state index in [-0.39, 0.29) is 41.2 Å². The van der Waals surface area contributed by atoms with Crippen molar-refractivity contribution in [1.29, 1.82) is 0 Å². The van der Waals surface area contributed by atoms with E-state index in [1.54, 1.807) is 19.9 Å². The van der Waals surface area contributed by atoms with Crippen molar-refractivity contribution in [3.8, 4) is 11.5 Å². The van der Waals surface area contributed by atoms with Gasteiger partial charge >= 0.3 is 0 Å². The highest BCUT2D eigenvalue weighted by Crippen LogP contribution is 2.64. The lowest BCUT2D eigenvalue weighted by Gasteiger charge is -2.49. The molecule has 6 atom stereocenters. The molecule has 2 aromatic carbocycles. The van der Waals surface area contributed by atoms with Crippen LogP contribution in [0.15, 0.2) is 48.0 Å². The lowest BCUT2D eigenvalue weighted by molar-refractivity contribution is -0.140. The van der Waals surface area contributed by atoms with E-state index in [1.807, 2.05) is 6.08 Å². The Morgan fingerprint density at radius 2 is 1.82 bits per heavy atom. The number of methoxy groups -OCH3 is 1. The van der Waals surface area contributed by atoms with Crippen molar-refractivity contribution in [3.63, 3.8) is 0 Å². The molecule has 2 aliphatic heterocycles. The van der Waals surface area contributed by atoms with Gasteiger partial charge in [0.05, 0.1) is 41.0 Å². The number of anilines is 1. The molecular formula is C30H28ClFN2O6. The van der Waals surface area contributed by atoms with Gasteiger partial charge < -0.3 is 9.84 Å². The number of carbonyl (C=O) groups excluding carboxylic acids is 4. The van der Waals surface area contributed by atoms with Crippen LogP contribution in [0.3, 0.4) is 0 Å². The highest BCUT2D eigenvalue weighted by Gasteiger charge is 2.67. The smallest absolute Gasteiger partial charge is 0.241 e. The van der Waals surface area contributed by atoms with E-state index in [2.05, 4.69) is 0 Å². The molecule has 3 fully saturated rings. The van der Waals surface area contributed by atoms with Gasteiger partial charge in [0.2, 0.25) is 23.6 Å². The molecule has 4 amide bonds. The van der Waals surface area contributed by atoms with Crippen molar-refractivity contribution < 1.29 is 33.4 Å². The number of aromatic hydroxyl groups is 1. The van der Waals surface area contributed by atoms with E-state index in [4.69, 9.17) is 16.3 Å². The molecule has 2 aliphatic carbocycles. The third-order valence-electron chi connectivity index (χ3n) is 9.37. The zero-order valence-corrected chi connectivity index (χ0v) is 22.9. The summed E-state index contributed by atoms with van der Waals surface area (Å²) >= 11 is 6.02. The Hall–Kier alpha value is -3.72. The van der Waals surface area contributed by atoms with E-state index in [0.717, 1.165) is 16.5 Å². The minimum Gasteiger partial charge on any atom is -0.508 e. The second kappa shape index (κ2) is 9.16. The molecule has 40 heavy (non-hydrogen) atoms. The van der Waals surface area contributed by atoms with E-state index >= 15 is 0 Å². The first kappa shape index (κ1) is 26.5. The number of hydrogen-bond donors (Lipinski definition) is 1. The number of allylic oxidation sites excluding steroid dienone is 2. The Kier molecular flexibility index (Phi) is 6.07. The van der Waals surface area contributed by atoms with Gasteiger partial charge in [0, 0.05) is 24.1 Å². The van der Waals surface area contributed by atoms with Crippen LogP contribution in [0.25, 0.3) is 0 Å². The van der Waals surface area contributed by atoms with E-state index < -0.39 is 52.6 Å². The average Bonchev–Trinajstić information content (AvgIpc) is 3.29. The maximum Gasteiger partial charge on any atom is 0.241 e. The van der Waals surface area contributed by atoms with Gasteiger partial charge in [-0.2, -0.15) is 0 Å². The first-order valence-corrected chi connectivity index (χ1v) is 13.7. The number of phenols is 1. The normalized spacial score (nSPS) is 31.2. The molecule has 4 aliphatic rings. The number of fused-ring (bicyclic) bond motifs is 4. The van der Waals surface area contributed by atoms with Crippen molar-refractivity contribution in [1.82, 2.24) is 4.90 Å². The van der Waals surface area contributed by atoms with Crippen molar-refractivity contribution in [2.45, 2.75) is 32.6 Å². The minimum absolute atomic E-state index is 0.0288. The van der Waals surface area contributed by atoms with Gasteiger partial charge in [-0.3, -0.25) is 24.1 Å². The fraction of sp³-hybridized carbons (Fsp3) is 0.400. The molecule has 0 bridgehead atoms. The molecule has 6 unspecified atom stereocenters. The number of benzene rings is 2. The number of carbonyl (C=O) groups is 4. The fourth-order valence-electron chi connectivity index (χ4n) is 7.54. The van der Waals surface area contributed by atoms with E-state index in [1.165, 1.54) is 36.3 Å². The molecule has 0 radical (unpaired) electrons. The lowest BCUT2D eigenvalue weighted by Crippen LogP contribution is -2.49. The number of likely N-dealkylation sites (tertiary alicyclic amines) is 1. The SMILES string of the molecule is CCN1C(=O)C2CC=C3C(CC4C(=O)N(c5ccc(F)c(Cl)c5)C(=O)C4(C)C3c3ccc(O)cc3OC)C2C1=O. The monoisotopic (exact) mass is 566 g/mol. The molecule has 1 N–H and O–H groups in total. The van der Waals surface area contributed by atoms with Crippen molar-refractivity contribution >= 4 is 40.9 Å². The number of rotatable bonds is 4. The van der Waals surface area contributed by atoms with E-state index in [0.29, 0.717) is 17.7 Å². The summed E-state index contributed by atoms with van der Waals surface area (Å²) in [6, 6.07) is 8.32. The molecule has 208 valence electrons. The molecule has 1 saturated carbocycles. The third-order valence-corrected chi connectivity index (χ3v) is 9.66. The molecule has 10 heteroatoms. The summed E-state index contributed by atoms with van der Waals surface area (Å²) in [5, 5.41) is 9.95. The summed E-state index contributed by atoms with van der Waals surface area (Å²) in [7, 11) is 1.45. The predicted molar refractivity (Wildman–Crippen MR) is 143 cm³/mol. The highest BCUT2D eigenvalue weighted by atomic mass is 35.5. The Bertz CT molecular complexity index is 1520. The maximum atomic E-state index is 14.4. The number of amides is 4. The largest absolute Gasteiger partial charge is 0.508 e. The molecule has 2 saturated heterocycles. The lowest BCUT2D eigenvalue weighted by atomic mass is 9.51. The molecule has 0 spiro atoms. The first-order valence-electron chi connectivity index (χ1n) is 13.3. The maximum absolute atomic E-state index is 14.4. The summed E-state index contributed by atoms with van der Waals surface area (Å²) in [5.74, 6) is -4.93. The van der Waals surface area contributed by atoms with Gasteiger partial charge in [0.1, 0.15) is 17.3 Å². The Morgan fingerprint density at radius 3 is 2.50 bits per heavy atom. The molecule has 2 heterocycles. The first-order chi connectivity index (χ1) is 19.0. The summed E-state index contributed by atoms with van der Waals surface area (Å²) in [4.78, 5) is 57.4. The molecule has 0 aromatic heterocycles. The van der Waals surface area contributed by atoms with Gasteiger partial charge in [-0.25, -0.2) is 9.29 Å². The number of imide groups is 2. The van der Waals surface area contributed by atoms with Crippen LogP contribution in [-0.2, 0) is 19.2 Å². The summed E-state index contributed by atoms with van der Waals surface area (Å²) < 4.78 is 19.6. The highest BCUT2D eigenvalue weighted by molar-refractivity contribution is 6.31. The Balaban J connectivity index is 1.55. The van der Waals surface area contributed by atoms with Crippen LogP contribution < -0.4 is 9.64 Å². The van der Waals surface area contributed by atoms with Gasteiger partial charge in [0.25, 0.3) is 0 Å². The fourth-order valence-corrected chi connectivity index (χ4v) is 7.72. The van der Waals surface area contributed by atoms with Gasteiger partial charge in [-0.15, -0.1) is 0 Å². The second-order valence-corrected chi connectivity index (χ2v) is 11.5. The topological polar surface area (TPSA) is 104 Å². The van der Waals surface area contributed by atoms with Crippen LogP contribution in [0.4, 0.5) is 10.1 Å². The van der Waals surface area contributed by atoms with Crippen LogP contribution in [0.1, 0.15) is 38.2 Å². The summed E-state index contributed by atoms with van der Waals surface area (Å²) in [6.07, 6.45) is 2.49. The van der Waals surface area contributed by atoms with Gasteiger partial charge in [0.15, 0.2) is 0 Å². The van der Waals surface area contributed by atoms with Gasteiger partial charge in [-0.1, -0.05) is 29.3 Å². The third kappa shape index (κ3) is 3.43.